The van der Waals surface area contributed by atoms with E-state index in [2.05, 4.69) is 34.7 Å². The number of benzene rings is 1. The predicted molar refractivity (Wildman–Crippen MR) is 93.6 cm³/mol. The molecule has 0 fully saturated rings. The molecule has 0 aliphatic rings. The minimum Gasteiger partial charge on any atom is -0.391 e. The van der Waals surface area contributed by atoms with Crippen LogP contribution in [0.25, 0.3) is 10.9 Å². The molecule has 0 saturated heterocycles. The Balaban J connectivity index is 1.82. The Kier molecular flexibility index (Phi) is 5.31. The number of H-pyrrole nitrogens is 1. The third-order valence-corrected chi connectivity index (χ3v) is 4.14. The van der Waals surface area contributed by atoms with Gasteiger partial charge in [0.2, 0.25) is 0 Å². The van der Waals surface area contributed by atoms with E-state index >= 15 is 0 Å². The summed E-state index contributed by atoms with van der Waals surface area (Å²) in [5.41, 5.74) is 3.25. The van der Waals surface area contributed by atoms with Crippen molar-refractivity contribution in [1.29, 1.82) is 0 Å². The number of amides is 2. The summed E-state index contributed by atoms with van der Waals surface area (Å²) in [5.74, 6) is 0. The number of rotatable bonds is 5. The van der Waals surface area contributed by atoms with E-state index < -0.39 is 6.10 Å². The molecule has 0 aliphatic carbocycles. The summed E-state index contributed by atoms with van der Waals surface area (Å²) in [6.45, 7) is 8.68. The van der Waals surface area contributed by atoms with Crippen LogP contribution in [0.3, 0.4) is 0 Å². The molecule has 0 spiro atoms. The number of aromatic amines is 1. The number of para-hydroxylation sites is 1. The fraction of sp³-hybridized carbons (Fsp3) is 0.500. The third-order valence-electron chi connectivity index (χ3n) is 4.14. The summed E-state index contributed by atoms with van der Waals surface area (Å²) in [6.07, 6.45) is 0.203. The quantitative estimate of drug-likeness (QED) is 0.684. The topological polar surface area (TPSA) is 77.2 Å². The number of urea groups is 1. The number of nitrogens with one attached hydrogen (secondary N) is 3. The van der Waals surface area contributed by atoms with Crippen LogP contribution in [0.1, 0.15) is 32.0 Å². The molecule has 1 atom stereocenters. The molecule has 1 heterocycles. The van der Waals surface area contributed by atoms with Crippen molar-refractivity contribution in [1.82, 2.24) is 15.6 Å². The summed E-state index contributed by atoms with van der Waals surface area (Å²) in [6, 6.07) is 7.93. The first kappa shape index (κ1) is 17.3. The molecule has 5 heteroatoms. The SMILES string of the molecule is Cc1[nH]c2ccccc2c1CCNC(=O)NCC(O)C(C)(C)C. The van der Waals surface area contributed by atoms with Gasteiger partial charge in [-0.2, -0.15) is 0 Å². The molecule has 0 bridgehead atoms. The van der Waals surface area contributed by atoms with Gasteiger partial charge in [0.25, 0.3) is 0 Å². The molecule has 4 N–H and O–H groups in total. The zero-order valence-corrected chi connectivity index (χ0v) is 14.4. The van der Waals surface area contributed by atoms with E-state index in [1.165, 1.54) is 10.9 Å². The summed E-state index contributed by atoms with van der Waals surface area (Å²) in [7, 11) is 0. The fourth-order valence-electron chi connectivity index (χ4n) is 2.52. The number of carbonyl (C=O) groups is 1. The van der Waals surface area contributed by atoms with Crippen LogP contribution in [0.4, 0.5) is 4.79 Å². The van der Waals surface area contributed by atoms with Crippen LogP contribution in [0.5, 0.6) is 0 Å². The predicted octanol–water partition coefficient (Wildman–Crippen LogP) is 2.73. The van der Waals surface area contributed by atoms with Crippen molar-refractivity contribution in [2.24, 2.45) is 5.41 Å². The van der Waals surface area contributed by atoms with E-state index in [4.69, 9.17) is 0 Å². The van der Waals surface area contributed by atoms with E-state index in [9.17, 15) is 9.90 Å². The maximum absolute atomic E-state index is 11.8. The number of aliphatic hydroxyl groups is 1. The number of carbonyl (C=O) groups excluding carboxylic acids is 1. The van der Waals surface area contributed by atoms with Crippen LogP contribution in [0, 0.1) is 12.3 Å². The number of aromatic nitrogens is 1. The van der Waals surface area contributed by atoms with Crippen molar-refractivity contribution in [3.8, 4) is 0 Å². The summed E-state index contributed by atoms with van der Waals surface area (Å²) < 4.78 is 0. The minimum atomic E-state index is -0.566. The maximum Gasteiger partial charge on any atom is 0.314 e. The van der Waals surface area contributed by atoms with Gasteiger partial charge >= 0.3 is 6.03 Å². The lowest BCUT2D eigenvalue weighted by Crippen LogP contribution is -2.44. The van der Waals surface area contributed by atoms with Gasteiger partial charge in [-0.1, -0.05) is 39.0 Å². The Labute approximate surface area is 137 Å². The first-order chi connectivity index (χ1) is 10.8. The Morgan fingerprint density at radius 1 is 1.26 bits per heavy atom. The first-order valence-electron chi connectivity index (χ1n) is 8.05. The van der Waals surface area contributed by atoms with Gasteiger partial charge in [-0.05, 0) is 30.4 Å². The van der Waals surface area contributed by atoms with Crippen LogP contribution < -0.4 is 10.6 Å². The largest absolute Gasteiger partial charge is 0.391 e. The highest BCUT2D eigenvalue weighted by atomic mass is 16.3. The zero-order valence-electron chi connectivity index (χ0n) is 14.4. The number of hydrogen-bond donors (Lipinski definition) is 4. The summed E-state index contributed by atoms with van der Waals surface area (Å²) >= 11 is 0. The molecule has 2 aromatic rings. The maximum atomic E-state index is 11.8. The lowest BCUT2D eigenvalue weighted by molar-refractivity contribution is 0.0650. The number of fused-ring (bicyclic) bond motifs is 1. The second kappa shape index (κ2) is 7.04. The van der Waals surface area contributed by atoms with Gasteiger partial charge in [0, 0.05) is 29.7 Å². The second-order valence-corrected chi connectivity index (χ2v) is 7.04. The Morgan fingerprint density at radius 2 is 1.96 bits per heavy atom. The van der Waals surface area contributed by atoms with Crippen LogP contribution >= 0.6 is 0 Å². The van der Waals surface area contributed by atoms with Gasteiger partial charge in [0.05, 0.1) is 6.10 Å². The van der Waals surface area contributed by atoms with Crippen molar-refractivity contribution in [2.75, 3.05) is 13.1 Å². The molecule has 2 rings (SSSR count). The lowest BCUT2D eigenvalue weighted by atomic mass is 9.89. The van der Waals surface area contributed by atoms with Gasteiger partial charge in [0.15, 0.2) is 0 Å². The van der Waals surface area contributed by atoms with Crippen molar-refractivity contribution < 1.29 is 9.90 Å². The Morgan fingerprint density at radius 3 is 2.65 bits per heavy atom. The molecular formula is C18H27N3O2. The number of hydrogen-bond acceptors (Lipinski definition) is 2. The molecule has 2 amide bonds. The fourth-order valence-corrected chi connectivity index (χ4v) is 2.52. The summed E-state index contributed by atoms with van der Waals surface area (Å²) in [5, 5.41) is 16.7. The average Bonchev–Trinajstić information content (AvgIpc) is 2.80. The van der Waals surface area contributed by atoms with Gasteiger partial charge in [-0.25, -0.2) is 4.79 Å². The van der Waals surface area contributed by atoms with E-state index in [0.717, 1.165) is 17.6 Å². The van der Waals surface area contributed by atoms with Crippen LogP contribution in [0.2, 0.25) is 0 Å². The van der Waals surface area contributed by atoms with Crippen LogP contribution in [0.15, 0.2) is 24.3 Å². The zero-order chi connectivity index (χ0) is 17.0. The standard InChI is InChI=1S/C18H27N3O2/c1-12-13(14-7-5-6-8-15(14)21-12)9-10-19-17(23)20-11-16(22)18(2,3)4/h5-8,16,21-22H,9-11H2,1-4H3,(H2,19,20,23). The lowest BCUT2D eigenvalue weighted by Gasteiger charge is -2.25. The van der Waals surface area contributed by atoms with Gasteiger partial charge in [-0.3, -0.25) is 0 Å². The third kappa shape index (κ3) is 4.48. The molecule has 23 heavy (non-hydrogen) atoms. The molecule has 1 aromatic carbocycles. The molecule has 5 nitrogen and oxygen atoms in total. The van der Waals surface area contributed by atoms with Gasteiger partial charge in [0.1, 0.15) is 0 Å². The van der Waals surface area contributed by atoms with Crippen molar-refractivity contribution in [2.45, 2.75) is 40.2 Å². The summed E-state index contributed by atoms with van der Waals surface area (Å²) in [4.78, 5) is 15.2. The Bertz CT molecular complexity index is 670. The van der Waals surface area contributed by atoms with E-state index in [-0.39, 0.29) is 18.0 Å². The highest BCUT2D eigenvalue weighted by molar-refractivity contribution is 5.84. The van der Waals surface area contributed by atoms with E-state index in [1.54, 1.807) is 0 Å². The van der Waals surface area contributed by atoms with Crippen LogP contribution in [-0.2, 0) is 6.42 Å². The molecule has 0 saturated carbocycles. The molecule has 1 unspecified atom stereocenters. The average molecular weight is 317 g/mol. The number of aliphatic hydroxyl groups excluding tert-OH is 1. The van der Waals surface area contributed by atoms with E-state index in [1.807, 2.05) is 32.9 Å². The first-order valence-corrected chi connectivity index (χ1v) is 8.05. The molecule has 0 aliphatic heterocycles. The van der Waals surface area contributed by atoms with Crippen molar-refractivity contribution in [3.05, 3.63) is 35.5 Å². The highest BCUT2D eigenvalue weighted by Crippen LogP contribution is 2.22. The molecule has 1 aromatic heterocycles. The van der Waals surface area contributed by atoms with Crippen LogP contribution in [-0.4, -0.2) is 35.3 Å². The molecular weight excluding hydrogens is 290 g/mol. The molecule has 0 radical (unpaired) electrons. The monoisotopic (exact) mass is 317 g/mol. The molecule has 126 valence electrons. The highest BCUT2D eigenvalue weighted by Gasteiger charge is 2.22. The number of aryl methyl sites for hydroxylation is 1. The second-order valence-electron chi connectivity index (χ2n) is 7.04. The normalized spacial score (nSPS) is 13.1. The Hall–Kier alpha value is -2.01. The van der Waals surface area contributed by atoms with Crippen molar-refractivity contribution >= 4 is 16.9 Å². The van der Waals surface area contributed by atoms with Gasteiger partial charge < -0.3 is 20.7 Å². The van der Waals surface area contributed by atoms with Gasteiger partial charge in [-0.15, -0.1) is 0 Å². The van der Waals surface area contributed by atoms with E-state index in [0.29, 0.717) is 6.54 Å². The minimum absolute atomic E-state index is 0.242. The van der Waals surface area contributed by atoms with Crippen molar-refractivity contribution in [3.63, 3.8) is 0 Å². The smallest absolute Gasteiger partial charge is 0.314 e.